The number of hydrogen-bond donors (Lipinski definition) is 4. The summed E-state index contributed by atoms with van der Waals surface area (Å²) >= 11 is 3.67. The molecule has 0 saturated carbocycles. The molecular formula is C21H22N6O7S3. The minimum atomic E-state index is -1.24. The van der Waals surface area contributed by atoms with Crippen molar-refractivity contribution in [3.63, 3.8) is 0 Å². The van der Waals surface area contributed by atoms with Crippen LogP contribution in [0.4, 0.5) is 5.13 Å². The zero-order valence-electron chi connectivity index (χ0n) is 19.6. The van der Waals surface area contributed by atoms with Crippen LogP contribution in [0.15, 0.2) is 26.1 Å². The molecule has 0 spiro atoms. The van der Waals surface area contributed by atoms with E-state index >= 15 is 0 Å². The van der Waals surface area contributed by atoms with E-state index in [1.807, 2.05) is 0 Å². The third-order valence-corrected chi connectivity index (χ3v) is 8.80. The van der Waals surface area contributed by atoms with Crippen molar-refractivity contribution in [3.05, 3.63) is 32.9 Å². The van der Waals surface area contributed by atoms with Crippen molar-refractivity contribution < 1.29 is 34.2 Å². The molecule has 2 aromatic rings. The van der Waals surface area contributed by atoms with E-state index in [4.69, 9.17) is 15.7 Å². The highest BCUT2D eigenvalue weighted by atomic mass is 32.2. The van der Waals surface area contributed by atoms with Gasteiger partial charge in [-0.3, -0.25) is 19.3 Å². The van der Waals surface area contributed by atoms with Crippen molar-refractivity contribution in [3.8, 4) is 0 Å². The van der Waals surface area contributed by atoms with Crippen LogP contribution in [0.3, 0.4) is 0 Å². The number of amides is 2. The summed E-state index contributed by atoms with van der Waals surface area (Å²) in [6.07, 6.45) is 0.727. The molecule has 0 bridgehead atoms. The van der Waals surface area contributed by atoms with Gasteiger partial charge >= 0.3 is 11.9 Å². The van der Waals surface area contributed by atoms with Crippen LogP contribution in [0, 0.1) is 6.92 Å². The molecule has 2 aromatic heterocycles. The molecule has 0 aliphatic carbocycles. The summed E-state index contributed by atoms with van der Waals surface area (Å²) in [5.41, 5.74) is 6.78. The molecule has 2 aliphatic rings. The van der Waals surface area contributed by atoms with Gasteiger partial charge in [0.05, 0.1) is 18.2 Å². The Morgan fingerprint density at radius 3 is 2.73 bits per heavy atom. The van der Waals surface area contributed by atoms with Gasteiger partial charge in [-0.1, -0.05) is 16.9 Å². The third-order valence-electron chi connectivity index (χ3n) is 5.74. The number of thiazole rings is 2. The van der Waals surface area contributed by atoms with Crippen molar-refractivity contribution in [2.24, 2.45) is 5.16 Å². The lowest BCUT2D eigenvalue weighted by atomic mass is 9.83. The number of carboxylic acid groups (broad SMARTS) is 2. The molecule has 37 heavy (non-hydrogen) atoms. The number of oxime groups is 1. The number of anilines is 1. The lowest BCUT2D eigenvalue weighted by molar-refractivity contribution is -0.155. The van der Waals surface area contributed by atoms with Crippen molar-refractivity contribution in [1.29, 1.82) is 0 Å². The van der Waals surface area contributed by atoms with Gasteiger partial charge in [0, 0.05) is 16.0 Å². The fourth-order valence-electron chi connectivity index (χ4n) is 4.10. The number of nitrogens with two attached hydrogens (primary N) is 1. The highest BCUT2D eigenvalue weighted by Crippen LogP contribution is 2.39. The van der Waals surface area contributed by atoms with Crippen LogP contribution >= 0.6 is 34.4 Å². The summed E-state index contributed by atoms with van der Waals surface area (Å²) in [5.74, 6) is -3.14. The van der Waals surface area contributed by atoms with Crippen LogP contribution < -0.4 is 11.1 Å². The average Bonchev–Trinajstić information content (AvgIpc) is 3.42. The van der Waals surface area contributed by atoms with Crippen LogP contribution in [0.5, 0.6) is 0 Å². The lowest BCUT2D eigenvalue weighted by Crippen LogP contribution is -2.72. The third kappa shape index (κ3) is 5.45. The number of fused-ring (bicyclic) bond motifs is 1. The normalized spacial score (nSPS) is 19.4. The number of carbonyl (C=O) groups is 4. The SMILES string of the molecule is CO/N=C(/C(=O)N[C@@H]1C(=O)N2C(C(=O)O)=C(CSc3nc(C)c(CC(=O)O)s3)CC[C@H]12)c1csc(N)n1. The van der Waals surface area contributed by atoms with Gasteiger partial charge in [0.15, 0.2) is 15.2 Å². The maximum absolute atomic E-state index is 13.0. The number of nitrogens with one attached hydrogen (secondary N) is 1. The minimum Gasteiger partial charge on any atom is -0.481 e. The number of hydrogen-bond acceptors (Lipinski definition) is 12. The molecule has 0 unspecified atom stereocenters. The number of carboxylic acids is 2. The molecule has 4 rings (SSSR count). The summed E-state index contributed by atoms with van der Waals surface area (Å²) in [5, 5.41) is 27.0. The smallest absolute Gasteiger partial charge is 0.352 e. The van der Waals surface area contributed by atoms with Gasteiger partial charge in [-0.05, 0) is 25.3 Å². The number of nitrogen functional groups attached to an aromatic ring is 1. The largest absolute Gasteiger partial charge is 0.481 e. The summed E-state index contributed by atoms with van der Waals surface area (Å²) < 4.78 is 0.626. The highest BCUT2D eigenvalue weighted by Gasteiger charge is 2.53. The van der Waals surface area contributed by atoms with Gasteiger partial charge in [-0.15, -0.1) is 22.7 Å². The highest BCUT2D eigenvalue weighted by molar-refractivity contribution is 8.01. The van der Waals surface area contributed by atoms with Gasteiger partial charge in [-0.25, -0.2) is 14.8 Å². The van der Waals surface area contributed by atoms with Crippen molar-refractivity contribution >= 4 is 69.0 Å². The number of rotatable bonds is 10. The van der Waals surface area contributed by atoms with Crippen LogP contribution in [-0.4, -0.2) is 79.5 Å². The molecule has 2 aliphatic heterocycles. The van der Waals surface area contributed by atoms with Crippen LogP contribution in [0.1, 0.15) is 29.1 Å². The van der Waals surface area contributed by atoms with Gasteiger partial charge in [0.2, 0.25) is 0 Å². The van der Waals surface area contributed by atoms with Crippen LogP contribution in [0.25, 0.3) is 0 Å². The Morgan fingerprint density at radius 2 is 2.11 bits per heavy atom. The molecule has 2 amide bonds. The van der Waals surface area contributed by atoms with Crippen molar-refractivity contribution in [1.82, 2.24) is 20.2 Å². The topological polar surface area (TPSA) is 197 Å². The first kappa shape index (κ1) is 26.6. The first-order chi connectivity index (χ1) is 17.6. The number of aromatic nitrogens is 2. The second-order valence-electron chi connectivity index (χ2n) is 8.06. The van der Waals surface area contributed by atoms with Crippen LogP contribution in [0.2, 0.25) is 0 Å². The second-order valence-corrected chi connectivity index (χ2v) is 11.3. The van der Waals surface area contributed by atoms with Crippen molar-refractivity contribution in [2.75, 3.05) is 18.6 Å². The fourth-order valence-corrected chi connectivity index (χ4v) is 6.92. The van der Waals surface area contributed by atoms with E-state index in [2.05, 4.69) is 20.4 Å². The number of nitrogens with zero attached hydrogens (tertiary/aromatic N) is 4. The fraction of sp³-hybridized carbons (Fsp3) is 0.381. The summed E-state index contributed by atoms with van der Waals surface area (Å²) in [6, 6.07) is -1.45. The summed E-state index contributed by atoms with van der Waals surface area (Å²) in [4.78, 5) is 63.9. The maximum atomic E-state index is 13.0. The van der Waals surface area contributed by atoms with Gasteiger partial charge < -0.3 is 26.1 Å². The summed E-state index contributed by atoms with van der Waals surface area (Å²) in [6.45, 7) is 1.73. The van der Waals surface area contributed by atoms with Gasteiger partial charge in [-0.2, -0.15) is 0 Å². The quantitative estimate of drug-likeness (QED) is 0.139. The van der Waals surface area contributed by atoms with Gasteiger partial charge in [0.1, 0.15) is 24.5 Å². The molecule has 1 saturated heterocycles. The summed E-state index contributed by atoms with van der Waals surface area (Å²) in [7, 11) is 1.27. The lowest BCUT2D eigenvalue weighted by Gasteiger charge is -2.50. The molecule has 0 radical (unpaired) electrons. The number of β-lactam (4-membered cyclic amide) rings is 1. The maximum Gasteiger partial charge on any atom is 0.352 e. The first-order valence-corrected chi connectivity index (χ1v) is 13.5. The molecule has 1 fully saturated rings. The molecule has 13 nitrogen and oxygen atoms in total. The van der Waals surface area contributed by atoms with Gasteiger partial charge in [0.25, 0.3) is 11.8 Å². The predicted octanol–water partition coefficient (Wildman–Crippen LogP) is 1.09. The van der Waals surface area contributed by atoms with Crippen molar-refractivity contribution in [2.45, 2.75) is 42.6 Å². The van der Waals surface area contributed by atoms with E-state index in [1.54, 1.807) is 6.92 Å². The van der Waals surface area contributed by atoms with E-state index < -0.39 is 35.8 Å². The Balaban J connectivity index is 1.47. The Labute approximate surface area is 222 Å². The average molecular weight is 567 g/mol. The van der Waals surface area contributed by atoms with E-state index in [0.717, 1.165) is 11.3 Å². The molecule has 16 heteroatoms. The van der Waals surface area contributed by atoms with E-state index in [0.29, 0.717) is 33.3 Å². The predicted molar refractivity (Wildman–Crippen MR) is 135 cm³/mol. The monoisotopic (exact) mass is 566 g/mol. The minimum absolute atomic E-state index is 0.101. The number of aryl methyl sites for hydroxylation is 1. The Morgan fingerprint density at radius 1 is 1.35 bits per heavy atom. The second kappa shape index (κ2) is 10.9. The Kier molecular flexibility index (Phi) is 7.79. The van der Waals surface area contributed by atoms with E-state index in [9.17, 15) is 24.3 Å². The standard InChI is InChI=1S/C21H22N6O7S3/c1-8-12(5-13(28)29)37-21(23-8)36-6-9-3-4-11-15(18(31)27(11)16(9)19(32)33)25-17(30)14(26-34-2)10-7-35-20(22)24-10/h7,11,15H,3-6H2,1-2H3,(H2,22,24)(H,25,30)(H,28,29)(H,32,33)/b26-14+/t11-,15+/m1/s1. The number of aliphatic carboxylic acids is 2. The van der Waals surface area contributed by atoms with E-state index in [-0.39, 0.29) is 34.4 Å². The zero-order chi connectivity index (χ0) is 26.9. The van der Waals surface area contributed by atoms with Crippen LogP contribution in [-0.2, 0) is 30.4 Å². The molecule has 5 N–H and O–H groups in total. The number of thioether (sulfide) groups is 1. The molecule has 196 valence electrons. The molecule has 4 heterocycles. The Hall–Kier alpha value is -3.50. The molecular weight excluding hydrogens is 544 g/mol. The molecule has 0 aromatic carbocycles. The van der Waals surface area contributed by atoms with E-state index in [1.165, 1.54) is 40.5 Å². The number of carbonyl (C=O) groups excluding carboxylic acids is 2. The first-order valence-electron chi connectivity index (χ1n) is 10.8. The zero-order valence-corrected chi connectivity index (χ0v) is 22.0. The Bertz CT molecular complexity index is 1330. The molecule has 2 atom stereocenters.